The quantitative estimate of drug-likeness (QED) is 0.587. The van der Waals surface area contributed by atoms with E-state index in [9.17, 15) is 14.9 Å². The maximum atomic E-state index is 11.9. The minimum atomic E-state index is -0.602. The molecule has 20 heavy (non-hydrogen) atoms. The van der Waals surface area contributed by atoms with Crippen LogP contribution in [0.4, 0.5) is 11.4 Å². The highest BCUT2D eigenvalue weighted by Crippen LogP contribution is 2.29. The number of nitro groups is 1. The number of nitrogens with two attached hydrogens (primary N) is 1. The van der Waals surface area contributed by atoms with Gasteiger partial charge in [-0.15, -0.1) is 0 Å². The second-order valence-corrected chi connectivity index (χ2v) is 4.38. The van der Waals surface area contributed by atoms with Crippen LogP contribution < -0.4 is 15.8 Å². The Bertz CT molecular complexity index is 491. The molecule has 0 aliphatic heterocycles. The summed E-state index contributed by atoms with van der Waals surface area (Å²) >= 11 is 0. The Balaban J connectivity index is 2.81. The van der Waals surface area contributed by atoms with Crippen LogP contribution in [-0.4, -0.2) is 24.0 Å². The number of anilines is 1. The molecule has 0 aliphatic rings. The van der Waals surface area contributed by atoms with Crippen molar-refractivity contribution in [3.05, 3.63) is 28.3 Å². The molecule has 0 fully saturated rings. The number of ether oxygens (including phenoxy) is 1. The zero-order chi connectivity index (χ0) is 15.1. The fourth-order valence-corrected chi connectivity index (χ4v) is 1.68. The van der Waals surface area contributed by atoms with Crippen LogP contribution in [0.3, 0.4) is 0 Å². The highest BCUT2D eigenvalue weighted by Gasteiger charge is 2.17. The molecular weight excluding hydrogens is 262 g/mol. The van der Waals surface area contributed by atoms with E-state index in [2.05, 4.69) is 5.32 Å². The van der Waals surface area contributed by atoms with E-state index >= 15 is 0 Å². The third kappa shape index (κ3) is 4.20. The average Bonchev–Trinajstić information content (AvgIpc) is 2.44. The number of benzene rings is 1. The molecule has 0 saturated carbocycles. The van der Waals surface area contributed by atoms with Gasteiger partial charge < -0.3 is 15.8 Å². The number of carbonyl (C=O) groups is 1. The number of hydrogen-bond donors (Lipinski definition) is 2. The van der Waals surface area contributed by atoms with Crippen molar-refractivity contribution in [1.82, 2.24) is 0 Å². The maximum absolute atomic E-state index is 11.9. The minimum Gasteiger partial charge on any atom is -0.494 e. The van der Waals surface area contributed by atoms with Crippen molar-refractivity contribution in [1.29, 1.82) is 0 Å². The molecule has 0 heterocycles. The first-order valence-electron chi connectivity index (χ1n) is 6.38. The standard InChI is InChI=1S/C13H19N3O4/c1-3-4-5-10(14)13(17)15-11-7-6-9(16(18)19)8-12(11)20-2/h6-8,10H,3-5,14H2,1-2H3,(H,15,17)/t10-/m0/s1. The Labute approximate surface area is 117 Å². The Kier molecular flexibility index (Phi) is 5.92. The van der Waals surface area contributed by atoms with E-state index < -0.39 is 11.0 Å². The van der Waals surface area contributed by atoms with Crippen molar-refractivity contribution in [2.75, 3.05) is 12.4 Å². The molecule has 1 aromatic carbocycles. The number of hydrogen-bond acceptors (Lipinski definition) is 5. The summed E-state index contributed by atoms with van der Waals surface area (Å²) in [6, 6.07) is 3.39. The second kappa shape index (κ2) is 7.44. The summed E-state index contributed by atoms with van der Waals surface area (Å²) in [6.07, 6.45) is 2.42. The van der Waals surface area contributed by atoms with Crippen molar-refractivity contribution >= 4 is 17.3 Å². The highest BCUT2D eigenvalue weighted by atomic mass is 16.6. The summed E-state index contributed by atoms with van der Waals surface area (Å²) in [5, 5.41) is 13.3. The number of rotatable bonds is 7. The van der Waals surface area contributed by atoms with Crippen LogP contribution in [0.15, 0.2) is 18.2 Å². The first-order valence-corrected chi connectivity index (χ1v) is 6.38. The summed E-state index contributed by atoms with van der Waals surface area (Å²) in [5.41, 5.74) is 6.03. The fourth-order valence-electron chi connectivity index (χ4n) is 1.68. The number of methoxy groups -OCH3 is 1. The summed E-state index contributed by atoms with van der Waals surface area (Å²) in [6.45, 7) is 2.02. The summed E-state index contributed by atoms with van der Waals surface area (Å²) in [5.74, 6) is -0.0964. The molecule has 0 aliphatic carbocycles. The maximum Gasteiger partial charge on any atom is 0.273 e. The van der Waals surface area contributed by atoms with Gasteiger partial charge in [0, 0.05) is 6.07 Å². The van der Waals surface area contributed by atoms with Crippen LogP contribution in [0, 0.1) is 10.1 Å². The first-order chi connectivity index (χ1) is 9.49. The van der Waals surface area contributed by atoms with Crippen molar-refractivity contribution in [3.8, 4) is 5.75 Å². The zero-order valence-corrected chi connectivity index (χ0v) is 11.6. The van der Waals surface area contributed by atoms with Gasteiger partial charge in [-0.3, -0.25) is 14.9 Å². The number of carbonyl (C=O) groups excluding carboxylic acids is 1. The molecule has 0 saturated heterocycles. The van der Waals surface area contributed by atoms with E-state index in [0.717, 1.165) is 12.8 Å². The highest BCUT2D eigenvalue weighted by molar-refractivity contribution is 5.96. The molecule has 0 aromatic heterocycles. The van der Waals surface area contributed by atoms with Gasteiger partial charge in [0.05, 0.1) is 29.8 Å². The molecular formula is C13H19N3O4. The molecule has 7 heteroatoms. The number of amides is 1. The number of nitro benzene ring substituents is 1. The molecule has 0 bridgehead atoms. The fraction of sp³-hybridized carbons (Fsp3) is 0.462. The van der Waals surface area contributed by atoms with Crippen molar-refractivity contribution in [2.45, 2.75) is 32.2 Å². The van der Waals surface area contributed by atoms with Gasteiger partial charge in [-0.05, 0) is 12.5 Å². The minimum absolute atomic E-state index is 0.102. The van der Waals surface area contributed by atoms with E-state index in [1.54, 1.807) is 0 Å². The van der Waals surface area contributed by atoms with Gasteiger partial charge in [0.2, 0.25) is 5.91 Å². The van der Waals surface area contributed by atoms with Crippen LogP contribution in [0.1, 0.15) is 26.2 Å². The van der Waals surface area contributed by atoms with Crippen molar-refractivity contribution < 1.29 is 14.5 Å². The predicted octanol–water partition coefficient (Wildman–Crippen LogP) is 2.06. The lowest BCUT2D eigenvalue weighted by atomic mass is 10.1. The van der Waals surface area contributed by atoms with Crippen molar-refractivity contribution in [2.24, 2.45) is 5.73 Å². The van der Waals surface area contributed by atoms with E-state index in [-0.39, 0.29) is 17.3 Å². The lowest BCUT2D eigenvalue weighted by Crippen LogP contribution is -2.35. The number of nitrogens with zero attached hydrogens (tertiary/aromatic N) is 1. The van der Waals surface area contributed by atoms with Crippen LogP contribution in [-0.2, 0) is 4.79 Å². The van der Waals surface area contributed by atoms with E-state index in [0.29, 0.717) is 12.1 Å². The summed E-state index contributed by atoms with van der Waals surface area (Å²) in [4.78, 5) is 22.0. The second-order valence-electron chi connectivity index (χ2n) is 4.38. The lowest BCUT2D eigenvalue weighted by Gasteiger charge is -2.14. The van der Waals surface area contributed by atoms with Gasteiger partial charge >= 0.3 is 0 Å². The van der Waals surface area contributed by atoms with Crippen LogP contribution >= 0.6 is 0 Å². The zero-order valence-electron chi connectivity index (χ0n) is 11.6. The molecule has 110 valence electrons. The Morgan fingerprint density at radius 1 is 1.55 bits per heavy atom. The van der Waals surface area contributed by atoms with Gasteiger partial charge in [-0.1, -0.05) is 19.8 Å². The van der Waals surface area contributed by atoms with Gasteiger partial charge in [0.25, 0.3) is 5.69 Å². The number of unbranched alkanes of at least 4 members (excludes halogenated alkanes) is 1. The number of non-ortho nitro benzene ring substituents is 1. The van der Waals surface area contributed by atoms with Gasteiger partial charge in [-0.2, -0.15) is 0 Å². The SMILES string of the molecule is CCCC[C@H](N)C(=O)Nc1ccc([N+](=O)[O-])cc1OC. The molecule has 1 aromatic rings. The van der Waals surface area contributed by atoms with Crippen LogP contribution in [0.25, 0.3) is 0 Å². The van der Waals surface area contributed by atoms with Gasteiger partial charge in [-0.25, -0.2) is 0 Å². The molecule has 0 spiro atoms. The normalized spacial score (nSPS) is 11.8. The summed E-state index contributed by atoms with van der Waals surface area (Å²) in [7, 11) is 1.38. The third-order valence-electron chi connectivity index (χ3n) is 2.86. The van der Waals surface area contributed by atoms with E-state index in [1.807, 2.05) is 6.92 Å². The Morgan fingerprint density at radius 3 is 2.80 bits per heavy atom. The van der Waals surface area contributed by atoms with Gasteiger partial charge in [0.15, 0.2) is 0 Å². The van der Waals surface area contributed by atoms with Crippen LogP contribution in [0.2, 0.25) is 0 Å². The smallest absolute Gasteiger partial charge is 0.273 e. The Morgan fingerprint density at radius 2 is 2.25 bits per heavy atom. The van der Waals surface area contributed by atoms with Crippen molar-refractivity contribution in [3.63, 3.8) is 0 Å². The molecule has 0 radical (unpaired) electrons. The largest absolute Gasteiger partial charge is 0.494 e. The van der Waals surface area contributed by atoms with Crippen LogP contribution in [0.5, 0.6) is 5.75 Å². The molecule has 7 nitrogen and oxygen atoms in total. The Hall–Kier alpha value is -2.15. The van der Waals surface area contributed by atoms with Gasteiger partial charge in [0.1, 0.15) is 5.75 Å². The topological polar surface area (TPSA) is 107 Å². The molecule has 1 rings (SSSR count). The molecule has 3 N–H and O–H groups in total. The average molecular weight is 281 g/mol. The monoisotopic (exact) mass is 281 g/mol. The molecule has 0 unspecified atom stereocenters. The van der Waals surface area contributed by atoms with E-state index in [4.69, 9.17) is 10.5 Å². The molecule has 1 amide bonds. The first kappa shape index (κ1) is 15.9. The lowest BCUT2D eigenvalue weighted by molar-refractivity contribution is -0.384. The third-order valence-corrected chi connectivity index (χ3v) is 2.86. The summed E-state index contributed by atoms with van der Waals surface area (Å²) < 4.78 is 5.04. The predicted molar refractivity (Wildman–Crippen MR) is 75.8 cm³/mol. The van der Waals surface area contributed by atoms with E-state index in [1.165, 1.54) is 25.3 Å². The molecule has 1 atom stereocenters. The number of nitrogens with one attached hydrogen (secondary N) is 1.